The zero-order chi connectivity index (χ0) is 45.6. The highest BCUT2D eigenvalue weighted by Gasteiger charge is 2.44. The Balaban J connectivity index is 0.978. The highest BCUT2D eigenvalue weighted by Crippen LogP contribution is 2.58. The third-order valence-electron chi connectivity index (χ3n) is 14.9. The fourth-order valence-corrected chi connectivity index (χ4v) is 11.2. The molecule has 1 saturated carbocycles. The largest absolute Gasteiger partial charge is 0.497 e. The van der Waals surface area contributed by atoms with Crippen LogP contribution in [-0.4, -0.2) is 20.2 Å². The first-order valence-electron chi connectivity index (χ1n) is 24.0. The van der Waals surface area contributed by atoms with Crippen molar-refractivity contribution >= 4 is 22.8 Å². The topological polar surface area (TPSA) is 54.0 Å². The number of carbonyl (C=O) groups is 1. The fraction of sp³-hybridized carbons (Fsp3) is 0.295. The lowest BCUT2D eigenvalue weighted by Crippen LogP contribution is -2.35. The molecule has 66 heavy (non-hydrogen) atoms. The molecule has 3 aliphatic rings. The molecule has 5 nitrogen and oxygen atoms in total. The summed E-state index contributed by atoms with van der Waals surface area (Å²) in [5.41, 5.74) is 12.1. The number of unbranched alkanes of at least 4 members (excludes halogenated alkanes) is 2. The van der Waals surface area contributed by atoms with Crippen LogP contribution in [0.15, 0.2) is 140 Å². The van der Waals surface area contributed by atoms with Crippen molar-refractivity contribution in [2.24, 2.45) is 5.92 Å². The Morgan fingerprint density at radius 3 is 1.95 bits per heavy atom. The van der Waals surface area contributed by atoms with Gasteiger partial charge in [0.25, 0.3) is 0 Å². The summed E-state index contributed by atoms with van der Waals surface area (Å²) in [6, 6.07) is 45.9. The molecule has 0 bridgehead atoms. The molecule has 1 aliphatic heterocycles. The van der Waals surface area contributed by atoms with Gasteiger partial charge in [-0.15, -0.1) is 0 Å². The molecule has 1 fully saturated rings. The molecule has 2 aliphatic carbocycles. The second-order valence-corrected chi connectivity index (χ2v) is 19.3. The molecule has 0 unspecified atom stereocenters. The third-order valence-corrected chi connectivity index (χ3v) is 14.9. The maximum absolute atomic E-state index is 13.5. The summed E-state index contributed by atoms with van der Waals surface area (Å²) >= 11 is 0. The number of aryl methyl sites for hydroxylation is 1. The minimum atomic E-state index is -0.934. The van der Waals surface area contributed by atoms with Crippen molar-refractivity contribution in [3.63, 3.8) is 0 Å². The van der Waals surface area contributed by atoms with Crippen LogP contribution in [0.1, 0.15) is 127 Å². The summed E-state index contributed by atoms with van der Waals surface area (Å²) in [6.45, 7) is 9.12. The lowest BCUT2D eigenvalue weighted by molar-refractivity contribution is 0.0734. The van der Waals surface area contributed by atoms with E-state index in [0.717, 1.165) is 61.8 Å². The van der Waals surface area contributed by atoms with Crippen molar-refractivity contribution in [3.8, 4) is 45.3 Å². The quantitative estimate of drug-likeness (QED) is 0.0695. The third kappa shape index (κ3) is 7.76. The van der Waals surface area contributed by atoms with Crippen LogP contribution in [0.4, 0.5) is 0 Å². The lowest BCUT2D eigenvalue weighted by Gasteiger charge is -2.38. The van der Waals surface area contributed by atoms with E-state index < -0.39 is 5.60 Å². The number of methoxy groups -OCH3 is 2. The Kier molecular flexibility index (Phi) is 11.6. The molecule has 0 aromatic heterocycles. The van der Waals surface area contributed by atoms with E-state index in [4.69, 9.17) is 18.9 Å². The minimum Gasteiger partial charge on any atom is -0.497 e. The molecule has 7 aromatic carbocycles. The van der Waals surface area contributed by atoms with Gasteiger partial charge in [0.1, 0.15) is 23.0 Å². The number of ether oxygens (including phenoxy) is 4. The summed E-state index contributed by atoms with van der Waals surface area (Å²) in [4.78, 5) is 13.5. The number of hydrogen-bond acceptors (Lipinski definition) is 5. The van der Waals surface area contributed by atoms with Gasteiger partial charge in [-0.1, -0.05) is 131 Å². The predicted octanol–water partition coefficient (Wildman–Crippen LogP) is 15.6. The summed E-state index contributed by atoms with van der Waals surface area (Å²) in [5, 5.41) is 2.16. The van der Waals surface area contributed by atoms with Crippen molar-refractivity contribution in [2.75, 3.05) is 14.2 Å². The number of benzene rings is 7. The van der Waals surface area contributed by atoms with Crippen molar-refractivity contribution < 1.29 is 23.7 Å². The molecular formula is C61H60O5. The van der Waals surface area contributed by atoms with E-state index in [1.165, 1.54) is 84.7 Å². The molecule has 0 N–H and O–H groups in total. The molecule has 0 atom stereocenters. The molecular weight excluding hydrogens is 813 g/mol. The standard InChI is InChI=1S/C61H60O5/c1-7-8-9-10-40-12-14-41(15-13-40)42-20-27-50(28-21-42)65-59(62)44-18-16-43(17-19-44)45-22-34-51-54(38-45)56-52-33-11-39(2)37-55(52)60(3,4)57(56)53-35-36-61(66-58(51)53,46-23-29-48(63-5)30-24-46)47-25-31-49(64-6)32-26-47/h11,16-38,40-41H,7-10,12-15H2,1-6H3/t40-,41-. The monoisotopic (exact) mass is 872 g/mol. The van der Waals surface area contributed by atoms with Crippen LogP contribution in [0.3, 0.4) is 0 Å². The van der Waals surface area contributed by atoms with Crippen LogP contribution >= 0.6 is 0 Å². The SMILES string of the molecule is CCCCC[C@H]1CC[C@H](c2ccc(OC(=O)c3ccc(-c4ccc5c6c(c7c(c5c4)-c4ccc(C)cc4C7(C)C)C=CC(c4ccc(OC)cc4)(c4ccc(OC)cc4)O6)cc3)cc2)CC1. The normalized spacial score (nSPS) is 17.6. The first-order valence-corrected chi connectivity index (χ1v) is 24.0. The summed E-state index contributed by atoms with van der Waals surface area (Å²) in [6.07, 6.45) is 15.0. The van der Waals surface area contributed by atoms with E-state index in [0.29, 0.717) is 17.2 Å². The Bertz CT molecular complexity index is 2880. The van der Waals surface area contributed by atoms with Crippen LogP contribution in [0.2, 0.25) is 0 Å². The zero-order valence-corrected chi connectivity index (χ0v) is 39.2. The van der Waals surface area contributed by atoms with Crippen LogP contribution in [0, 0.1) is 12.8 Å². The van der Waals surface area contributed by atoms with Gasteiger partial charge in [-0.25, -0.2) is 4.79 Å². The van der Waals surface area contributed by atoms with E-state index in [1.807, 2.05) is 60.7 Å². The Morgan fingerprint density at radius 1 is 0.682 bits per heavy atom. The van der Waals surface area contributed by atoms with Gasteiger partial charge in [-0.05, 0) is 156 Å². The smallest absolute Gasteiger partial charge is 0.343 e. The Hall–Kier alpha value is -6.59. The van der Waals surface area contributed by atoms with E-state index in [1.54, 1.807) is 14.2 Å². The van der Waals surface area contributed by atoms with Crippen molar-refractivity contribution in [2.45, 2.75) is 96.0 Å². The first kappa shape index (κ1) is 43.3. The average molecular weight is 873 g/mol. The van der Waals surface area contributed by atoms with Crippen LogP contribution in [0.25, 0.3) is 39.1 Å². The maximum Gasteiger partial charge on any atom is 0.343 e. The number of rotatable bonds is 12. The molecule has 10 rings (SSSR count). The van der Waals surface area contributed by atoms with E-state index in [2.05, 4.69) is 113 Å². The number of hydrogen-bond donors (Lipinski definition) is 0. The van der Waals surface area contributed by atoms with Crippen LogP contribution < -0.4 is 18.9 Å². The van der Waals surface area contributed by atoms with Gasteiger partial charge in [0, 0.05) is 27.5 Å². The Morgan fingerprint density at radius 2 is 1.32 bits per heavy atom. The van der Waals surface area contributed by atoms with Crippen LogP contribution in [0.5, 0.6) is 23.0 Å². The first-order chi connectivity index (χ1) is 32.1. The summed E-state index contributed by atoms with van der Waals surface area (Å²) in [5.74, 6) is 4.10. The number of carbonyl (C=O) groups excluding carboxylic acids is 1. The molecule has 0 amide bonds. The van der Waals surface area contributed by atoms with Crippen LogP contribution in [-0.2, 0) is 11.0 Å². The lowest BCUT2D eigenvalue weighted by atomic mass is 9.76. The minimum absolute atomic E-state index is 0.297. The zero-order valence-electron chi connectivity index (χ0n) is 39.2. The van der Waals surface area contributed by atoms with Crippen molar-refractivity contribution in [1.29, 1.82) is 0 Å². The highest BCUT2D eigenvalue weighted by atomic mass is 16.5. The maximum atomic E-state index is 13.5. The second-order valence-electron chi connectivity index (χ2n) is 19.3. The van der Waals surface area contributed by atoms with E-state index >= 15 is 0 Å². The molecule has 334 valence electrons. The van der Waals surface area contributed by atoms with E-state index in [-0.39, 0.29) is 11.4 Å². The summed E-state index contributed by atoms with van der Waals surface area (Å²) in [7, 11) is 3.37. The van der Waals surface area contributed by atoms with Gasteiger partial charge in [0.05, 0.1) is 19.8 Å². The van der Waals surface area contributed by atoms with Gasteiger partial charge < -0.3 is 18.9 Å². The summed E-state index contributed by atoms with van der Waals surface area (Å²) < 4.78 is 24.6. The van der Waals surface area contributed by atoms with Gasteiger partial charge in [0.15, 0.2) is 5.60 Å². The molecule has 0 radical (unpaired) electrons. The molecule has 0 saturated heterocycles. The molecule has 1 heterocycles. The average Bonchev–Trinajstić information content (AvgIpc) is 3.59. The molecule has 7 aromatic rings. The molecule has 0 spiro atoms. The van der Waals surface area contributed by atoms with Gasteiger partial charge in [-0.3, -0.25) is 0 Å². The molecule has 5 heteroatoms. The van der Waals surface area contributed by atoms with Gasteiger partial charge in [0.2, 0.25) is 0 Å². The van der Waals surface area contributed by atoms with Gasteiger partial charge in [-0.2, -0.15) is 0 Å². The Labute approximate surface area is 390 Å². The fourth-order valence-electron chi connectivity index (χ4n) is 11.2. The van der Waals surface area contributed by atoms with E-state index in [9.17, 15) is 4.79 Å². The van der Waals surface area contributed by atoms with Gasteiger partial charge >= 0.3 is 5.97 Å². The predicted molar refractivity (Wildman–Crippen MR) is 268 cm³/mol. The van der Waals surface area contributed by atoms with Crippen molar-refractivity contribution in [3.05, 3.63) is 184 Å². The highest BCUT2D eigenvalue weighted by molar-refractivity contribution is 6.10. The number of fused-ring (bicyclic) bond motifs is 8. The second kappa shape index (κ2) is 17.7. The van der Waals surface area contributed by atoms with Crippen molar-refractivity contribution in [1.82, 2.24) is 0 Å². The number of esters is 1.